The minimum absolute atomic E-state index is 0.784. The molecule has 1 aliphatic carbocycles. The van der Waals surface area contributed by atoms with E-state index in [1.54, 1.807) is 0 Å². The van der Waals surface area contributed by atoms with Gasteiger partial charge in [0.25, 0.3) is 0 Å². The Balaban J connectivity index is 1.09. The standard InChI is InChI=1S/C92H81N5P4/c1-3-5-17-40-81(4-2)98(82-41-18-6-19-42-82,83-43-20-7-21-44-83)95-76-71-77(96-101(90-57-34-14-35-58-90,91-59-36-15-37-60-91)92-61-38-16-39-62-92)73-80(72-76)97(78-67-63-74(64-68-78)93-99(84-45-22-8-23-46-84,85-47-24-9-25-48-85)86-49-26-10-27-50-86)79-69-65-75(66-70-79)94-100(87-51-28-11-29-52-87,88-53-30-12-31-54-88)89-55-32-13-33-56-89/h5-32,34-55,57-73H,3-4,33,56H2,1-2H3/b17-5-,81-40+. The van der Waals surface area contributed by atoms with Gasteiger partial charge in [0.05, 0.1) is 56.7 Å². The fourth-order valence-corrected chi connectivity index (χ4v) is 28.5. The van der Waals surface area contributed by atoms with Gasteiger partial charge in [0, 0.05) is 64.4 Å². The number of nitrogens with zero attached hydrogens (tertiary/aromatic N) is 5. The predicted molar refractivity (Wildman–Crippen MR) is 442 cm³/mol. The molecule has 494 valence electrons. The summed E-state index contributed by atoms with van der Waals surface area (Å²) in [5.41, 5.74) is 6.18. The molecule has 0 aliphatic heterocycles. The maximum absolute atomic E-state index is 6.42. The van der Waals surface area contributed by atoms with Crippen LogP contribution in [0, 0.1) is 0 Å². The predicted octanol–water partition coefficient (Wildman–Crippen LogP) is 23.2. The molecule has 0 radical (unpaired) electrons. The van der Waals surface area contributed by atoms with E-state index in [1.165, 1.54) is 47.8 Å². The zero-order chi connectivity index (χ0) is 68.6. The third kappa shape index (κ3) is 14.1. The summed E-state index contributed by atoms with van der Waals surface area (Å²) in [6, 6.07) is 134. The number of rotatable bonds is 22. The lowest BCUT2D eigenvalue weighted by Crippen LogP contribution is -2.25. The lowest BCUT2D eigenvalue weighted by Gasteiger charge is -2.31. The molecule has 13 aromatic rings. The van der Waals surface area contributed by atoms with Crippen LogP contribution in [0.1, 0.15) is 39.5 Å². The molecule has 0 saturated heterocycles. The highest BCUT2D eigenvalue weighted by molar-refractivity contribution is 7.88. The molecule has 0 saturated carbocycles. The molecule has 101 heavy (non-hydrogen) atoms. The molecule has 0 fully saturated rings. The largest absolute Gasteiger partial charge is 0.310 e. The first-order chi connectivity index (χ1) is 49.9. The minimum Gasteiger partial charge on any atom is -0.310 e. The van der Waals surface area contributed by atoms with Crippen molar-refractivity contribution in [3.05, 3.63) is 417 Å². The smallest absolute Gasteiger partial charge is 0.0667 e. The van der Waals surface area contributed by atoms with Crippen molar-refractivity contribution >= 4 is 121 Å². The first kappa shape index (κ1) is 67.7. The maximum Gasteiger partial charge on any atom is 0.0667 e. The second-order valence-electron chi connectivity index (χ2n) is 24.8. The van der Waals surface area contributed by atoms with Crippen LogP contribution in [-0.2, 0) is 0 Å². The van der Waals surface area contributed by atoms with Crippen molar-refractivity contribution in [3.8, 4) is 0 Å². The van der Waals surface area contributed by atoms with Gasteiger partial charge in [-0.25, -0.2) is 0 Å². The molecule has 0 spiro atoms. The zero-order valence-corrected chi connectivity index (χ0v) is 60.6. The Morgan fingerprint density at radius 1 is 0.327 bits per heavy atom. The zero-order valence-electron chi connectivity index (χ0n) is 57.0. The molecule has 0 aromatic heterocycles. The monoisotopic (exact) mass is 1380 g/mol. The van der Waals surface area contributed by atoms with Crippen molar-refractivity contribution in [3.63, 3.8) is 0 Å². The van der Waals surface area contributed by atoms with Crippen LogP contribution in [0.5, 0.6) is 0 Å². The second kappa shape index (κ2) is 31.8. The van der Waals surface area contributed by atoms with Gasteiger partial charge in [0.15, 0.2) is 0 Å². The van der Waals surface area contributed by atoms with Crippen LogP contribution in [0.2, 0.25) is 0 Å². The SMILES string of the molecule is CC/C=C\C=C(/CC)P(=Nc1cc(N=P(c2ccccc2)(c2ccccc2)c2ccccc2)cc(N(c2ccc(N=P(C3=CC=CCC3)(c3ccccc3)c3ccccc3)cc2)c2ccc(N=P(c3ccccc3)(c3ccccc3)c3ccccc3)cc2)c1)(c1ccccc1)c1ccccc1. The molecule has 0 heterocycles. The van der Waals surface area contributed by atoms with E-state index in [4.69, 9.17) is 19.0 Å². The lowest BCUT2D eigenvalue weighted by molar-refractivity contribution is 1.02. The summed E-state index contributed by atoms with van der Waals surface area (Å²) >= 11 is 0. The van der Waals surface area contributed by atoms with Gasteiger partial charge in [0.1, 0.15) is 0 Å². The molecular weight excluding hydrogens is 1300 g/mol. The second-order valence-corrected chi connectivity index (χ2v) is 37.0. The molecule has 5 nitrogen and oxygen atoms in total. The molecule has 1 aliphatic rings. The van der Waals surface area contributed by atoms with Crippen LogP contribution in [0.4, 0.5) is 39.8 Å². The summed E-state index contributed by atoms with van der Waals surface area (Å²) in [7, 11) is -10.9. The summed E-state index contributed by atoms with van der Waals surface area (Å²) in [5.74, 6) is 0. The Hall–Kier alpha value is -10.5. The van der Waals surface area contributed by atoms with E-state index >= 15 is 0 Å². The molecule has 14 rings (SSSR count). The van der Waals surface area contributed by atoms with Crippen LogP contribution < -0.4 is 57.9 Å². The van der Waals surface area contributed by atoms with Crippen LogP contribution in [0.15, 0.2) is 436 Å². The van der Waals surface area contributed by atoms with E-state index < -0.39 is 28.2 Å². The van der Waals surface area contributed by atoms with Gasteiger partial charge in [-0.05, 0) is 103 Å². The number of hydrogen-bond acceptors (Lipinski definition) is 5. The maximum atomic E-state index is 6.42. The van der Waals surface area contributed by atoms with E-state index in [0.717, 1.165) is 81.4 Å². The summed E-state index contributed by atoms with van der Waals surface area (Å²) in [4.78, 5) is 2.39. The third-order valence-corrected chi connectivity index (χ3v) is 33.6. The van der Waals surface area contributed by atoms with E-state index in [0.29, 0.717) is 0 Å². The van der Waals surface area contributed by atoms with Crippen LogP contribution in [-0.4, -0.2) is 0 Å². The van der Waals surface area contributed by atoms with Crippen LogP contribution in [0.25, 0.3) is 0 Å². The van der Waals surface area contributed by atoms with Crippen LogP contribution in [0.3, 0.4) is 0 Å². The van der Waals surface area contributed by atoms with Gasteiger partial charge >= 0.3 is 0 Å². The van der Waals surface area contributed by atoms with Gasteiger partial charge in [-0.1, -0.05) is 354 Å². The normalized spacial score (nSPS) is 12.7. The van der Waals surface area contributed by atoms with Crippen molar-refractivity contribution in [2.45, 2.75) is 39.5 Å². The number of allylic oxidation sites excluding steroid dienone is 8. The number of anilines is 3. The van der Waals surface area contributed by atoms with Crippen molar-refractivity contribution in [2.24, 2.45) is 19.0 Å². The van der Waals surface area contributed by atoms with E-state index in [-0.39, 0.29) is 0 Å². The first-order valence-electron chi connectivity index (χ1n) is 34.9. The summed E-state index contributed by atoms with van der Waals surface area (Å²) in [6.45, 7) is 4.48. The Kier molecular flexibility index (Phi) is 21.3. The average Bonchev–Trinajstić information content (AvgIpc) is 0.761. The van der Waals surface area contributed by atoms with Crippen LogP contribution >= 0.6 is 28.2 Å². The topological polar surface area (TPSA) is 52.7 Å². The van der Waals surface area contributed by atoms with Crippen molar-refractivity contribution in [1.29, 1.82) is 0 Å². The number of hydrogen-bond donors (Lipinski definition) is 0. The van der Waals surface area contributed by atoms with Crippen molar-refractivity contribution in [1.82, 2.24) is 0 Å². The Bertz CT molecular complexity index is 4990. The summed E-state index contributed by atoms with van der Waals surface area (Å²) < 4.78 is 24.9. The summed E-state index contributed by atoms with van der Waals surface area (Å²) in [6.07, 6.45) is 17.2. The highest BCUT2D eigenvalue weighted by Gasteiger charge is 2.34. The van der Waals surface area contributed by atoms with Crippen molar-refractivity contribution in [2.75, 3.05) is 4.90 Å². The minimum atomic E-state index is -2.87. The van der Waals surface area contributed by atoms with E-state index in [2.05, 4.69) is 425 Å². The van der Waals surface area contributed by atoms with E-state index in [1.807, 2.05) is 0 Å². The van der Waals surface area contributed by atoms with Gasteiger partial charge in [-0.15, -0.1) is 0 Å². The Labute approximate surface area is 597 Å². The quantitative estimate of drug-likeness (QED) is 0.0493. The molecule has 13 aromatic carbocycles. The number of benzene rings is 13. The summed E-state index contributed by atoms with van der Waals surface area (Å²) in [5, 5.41) is 14.4. The highest BCUT2D eigenvalue weighted by Crippen LogP contribution is 2.62. The highest BCUT2D eigenvalue weighted by atomic mass is 31.2. The molecule has 0 unspecified atom stereocenters. The van der Waals surface area contributed by atoms with Gasteiger partial charge < -0.3 is 4.90 Å². The first-order valence-corrected chi connectivity index (χ1v) is 41.8. The molecular formula is C92H81N5P4. The van der Waals surface area contributed by atoms with Gasteiger partial charge in [-0.3, -0.25) is 19.0 Å². The Morgan fingerprint density at radius 3 is 0.950 bits per heavy atom. The van der Waals surface area contributed by atoms with E-state index in [9.17, 15) is 0 Å². The fraction of sp³-hybridized carbons (Fsp3) is 0.0652. The average molecular weight is 1380 g/mol. The third-order valence-electron chi connectivity index (χ3n) is 18.6. The van der Waals surface area contributed by atoms with Crippen molar-refractivity contribution < 1.29 is 0 Å². The molecule has 0 bridgehead atoms. The Morgan fingerprint density at radius 2 is 0.634 bits per heavy atom. The molecule has 0 amide bonds. The molecule has 0 atom stereocenters. The van der Waals surface area contributed by atoms with Gasteiger partial charge in [-0.2, -0.15) is 0 Å². The van der Waals surface area contributed by atoms with Gasteiger partial charge in [0.2, 0.25) is 0 Å². The molecule has 9 heteroatoms. The molecule has 0 N–H and O–H groups in total. The fourth-order valence-electron chi connectivity index (χ4n) is 13.9. The lowest BCUT2D eigenvalue weighted by atomic mass is 10.1.